The first kappa shape index (κ1) is 6.75. The average Bonchev–Trinajstić information content (AvgIpc) is 2.45. The standard InChI is InChI=1S/C6H7N3OS/c7-4-2-8-6(10)5-3(4)1-9-11-5/h1,4H,2,7H2,(H,8,10). The Morgan fingerprint density at radius 3 is 3.36 bits per heavy atom. The fourth-order valence-electron chi connectivity index (χ4n) is 1.08. The maximum absolute atomic E-state index is 11.1. The Morgan fingerprint density at radius 2 is 2.64 bits per heavy atom. The lowest BCUT2D eigenvalue weighted by molar-refractivity contribution is 0.0945. The molecule has 1 unspecified atom stereocenters. The highest BCUT2D eigenvalue weighted by molar-refractivity contribution is 7.08. The molecule has 2 rings (SSSR count). The Bertz CT molecular complexity index is 296. The van der Waals surface area contributed by atoms with Crippen LogP contribution < -0.4 is 11.1 Å². The molecule has 0 saturated carbocycles. The van der Waals surface area contributed by atoms with Crippen LogP contribution in [0.2, 0.25) is 0 Å². The number of rotatable bonds is 0. The van der Waals surface area contributed by atoms with Crippen LogP contribution in [0.15, 0.2) is 6.20 Å². The van der Waals surface area contributed by atoms with Gasteiger partial charge in [0.05, 0.1) is 6.04 Å². The van der Waals surface area contributed by atoms with Crippen LogP contribution in [0.5, 0.6) is 0 Å². The molecule has 0 saturated heterocycles. The average molecular weight is 169 g/mol. The van der Waals surface area contributed by atoms with E-state index in [1.807, 2.05) is 0 Å². The molecule has 1 aliphatic heterocycles. The molecule has 58 valence electrons. The van der Waals surface area contributed by atoms with E-state index in [9.17, 15) is 4.79 Å². The fraction of sp³-hybridized carbons (Fsp3) is 0.333. The summed E-state index contributed by atoms with van der Waals surface area (Å²) in [6, 6.07) is -0.0820. The number of hydrogen-bond donors (Lipinski definition) is 2. The number of nitrogens with two attached hydrogens (primary N) is 1. The number of carbonyl (C=O) groups is 1. The molecule has 1 atom stereocenters. The summed E-state index contributed by atoms with van der Waals surface area (Å²) in [7, 11) is 0. The minimum Gasteiger partial charge on any atom is -0.349 e. The molecular weight excluding hydrogens is 162 g/mol. The Labute approximate surface area is 67.6 Å². The molecule has 4 nitrogen and oxygen atoms in total. The Morgan fingerprint density at radius 1 is 1.82 bits per heavy atom. The third kappa shape index (κ3) is 0.928. The van der Waals surface area contributed by atoms with Crippen molar-refractivity contribution >= 4 is 17.4 Å². The number of nitrogens with zero attached hydrogens (tertiary/aromatic N) is 1. The zero-order chi connectivity index (χ0) is 7.84. The van der Waals surface area contributed by atoms with Crippen molar-refractivity contribution in [1.82, 2.24) is 9.69 Å². The maximum Gasteiger partial charge on any atom is 0.263 e. The lowest BCUT2D eigenvalue weighted by atomic mass is 10.1. The molecule has 0 radical (unpaired) electrons. The zero-order valence-electron chi connectivity index (χ0n) is 5.70. The second-order valence-electron chi connectivity index (χ2n) is 2.43. The van der Waals surface area contributed by atoms with Gasteiger partial charge in [0.1, 0.15) is 4.88 Å². The van der Waals surface area contributed by atoms with E-state index in [-0.39, 0.29) is 11.9 Å². The molecule has 0 aromatic carbocycles. The summed E-state index contributed by atoms with van der Waals surface area (Å²) in [5, 5.41) is 2.68. The highest BCUT2D eigenvalue weighted by Crippen LogP contribution is 2.22. The first-order valence-corrected chi connectivity index (χ1v) is 4.04. The van der Waals surface area contributed by atoms with Gasteiger partial charge in [-0.05, 0) is 11.5 Å². The van der Waals surface area contributed by atoms with Gasteiger partial charge in [0.25, 0.3) is 5.91 Å². The molecule has 1 aromatic heterocycles. The van der Waals surface area contributed by atoms with Gasteiger partial charge < -0.3 is 11.1 Å². The van der Waals surface area contributed by atoms with Gasteiger partial charge in [0.15, 0.2) is 0 Å². The molecule has 1 aliphatic rings. The van der Waals surface area contributed by atoms with Crippen LogP contribution in [0.4, 0.5) is 0 Å². The minimum absolute atomic E-state index is 0.0517. The molecule has 2 heterocycles. The number of aromatic nitrogens is 1. The van der Waals surface area contributed by atoms with Gasteiger partial charge in [-0.2, -0.15) is 0 Å². The normalized spacial score (nSPS) is 22.6. The summed E-state index contributed by atoms with van der Waals surface area (Å²) in [6.45, 7) is 0.518. The molecule has 0 aliphatic carbocycles. The van der Waals surface area contributed by atoms with Crippen LogP contribution in [0.1, 0.15) is 21.3 Å². The van der Waals surface area contributed by atoms with Gasteiger partial charge in [0.2, 0.25) is 0 Å². The summed E-state index contributed by atoms with van der Waals surface area (Å²) in [6.07, 6.45) is 1.67. The smallest absolute Gasteiger partial charge is 0.263 e. The quantitative estimate of drug-likeness (QED) is 0.569. The van der Waals surface area contributed by atoms with E-state index in [0.717, 1.165) is 5.56 Å². The predicted octanol–water partition coefficient (Wildman–Crippen LogP) is -0.114. The summed E-state index contributed by atoms with van der Waals surface area (Å²) in [4.78, 5) is 11.8. The monoisotopic (exact) mass is 169 g/mol. The molecular formula is C6H7N3OS. The van der Waals surface area contributed by atoms with Crippen molar-refractivity contribution in [2.45, 2.75) is 6.04 Å². The second-order valence-corrected chi connectivity index (χ2v) is 3.23. The molecule has 0 fully saturated rings. The molecule has 1 amide bonds. The Hall–Kier alpha value is -0.940. The first-order chi connectivity index (χ1) is 5.29. The van der Waals surface area contributed by atoms with Crippen molar-refractivity contribution in [2.75, 3.05) is 6.54 Å². The summed E-state index contributed by atoms with van der Waals surface area (Å²) in [5.74, 6) is -0.0517. The van der Waals surface area contributed by atoms with Gasteiger partial charge in [-0.25, -0.2) is 4.37 Å². The van der Waals surface area contributed by atoms with Crippen LogP contribution in [0.25, 0.3) is 0 Å². The van der Waals surface area contributed by atoms with Crippen LogP contribution >= 0.6 is 11.5 Å². The number of amides is 1. The largest absolute Gasteiger partial charge is 0.349 e. The van der Waals surface area contributed by atoms with E-state index >= 15 is 0 Å². The van der Waals surface area contributed by atoms with Gasteiger partial charge in [-0.15, -0.1) is 0 Å². The lowest BCUT2D eigenvalue weighted by Crippen LogP contribution is -2.37. The lowest BCUT2D eigenvalue weighted by Gasteiger charge is -2.17. The number of carbonyl (C=O) groups excluding carboxylic acids is 1. The predicted molar refractivity (Wildman–Crippen MR) is 41.4 cm³/mol. The molecule has 0 spiro atoms. The van der Waals surface area contributed by atoms with E-state index in [2.05, 4.69) is 9.69 Å². The number of hydrogen-bond acceptors (Lipinski definition) is 4. The van der Waals surface area contributed by atoms with E-state index in [4.69, 9.17) is 5.73 Å². The zero-order valence-corrected chi connectivity index (χ0v) is 6.52. The van der Waals surface area contributed by atoms with Crippen molar-refractivity contribution in [2.24, 2.45) is 5.73 Å². The van der Waals surface area contributed by atoms with Gasteiger partial charge in [0, 0.05) is 18.3 Å². The van der Waals surface area contributed by atoms with Gasteiger partial charge in [-0.3, -0.25) is 4.79 Å². The van der Waals surface area contributed by atoms with Crippen molar-refractivity contribution < 1.29 is 4.79 Å². The Balaban J connectivity index is 2.51. The molecule has 3 N–H and O–H groups in total. The summed E-state index contributed by atoms with van der Waals surface area (Å²) >= 11 is 1.20. The Kier molecular flexibility index (Phi) is 1.40. The second kappa shape index (κ2) is 2.28. The maximum atomic E-state index is 11.1. The van der Waals surface area contributed by atoms with Crippen LogP contribution in [-0.2, 0) is 0 Å². The molecule has 0 bridgehead atoms. The highest BCUT2D eigenvalue weighted by atomic mass is 32.1. The third-order valence-corrected chi connectivity index (χ3v) is 2.50. The van der Waals surface area contributed by atoms with Crippen LogP contribution in [0, 0.1) is 0 Å². The van der Waals surface area contributed by atoms with E-state index in [1.165, 1.54) is 11.5 Å². The van der Waals surface area contributed by atoms with Crippen molar-refractivity contribution in [1.29, 1.82) is 0 Å². The highest BCUT2D eigenvalue weighted by Gasteiger charge is 2.24. The molecule has 11 heavy (non-hydrogen) atoms. The van der Waals surface area contributed by atoms with E-state index in [1.54, 1.807) is 6.20 Å². The topological polar surface area (TPSA) is 68.0 Å². The van der Waals surface area contributed by atoms with Crippen molar-refractivity contribution in [3.63, 3.8) is 0 Å². The van der Waals surface area contributed by atoms with Crippen molar-refractivity contribution in [3.05, 3.63) is 16.6 Å². The van der Waals surface area contributed by atoms with Gasteiger partial charge >= 0.3 is 0 Å². The van der Waals surface area contributed by atoms with Gasteiger partial charge in [-0.1, -0.05) is 0 Å². The van der Waals surface area contributed by atoms with Crippen LogP contribution in [0.3, 0.4) is 0 Å². The van der Waals surface area contributed by atoms with Crippen LogP contribution in [-0.4, -0.2) is 16.8 Å². The number of fused-ring (bicyclic) bond motifs is 1. The molecule has 1 aromatic rings. The first-order valence-electron chi connectivity index (χ1n) is 3.27. The van der Waals surface area contributed by atoms with E-state index in [0.29, 0.717) is 11.4 Å². The van der Waals surface area contributed by atoms with Crippen molar-refractivity contribution in [3.8, 4) is 0 Å². The SMILES string of the molecule is NC1CNC(=O)c2sncc21. The summed E-state index contributed by atoms with van der Waals surface area (Å²) < 4.78 is 3.91. The molecule has 5 heteroatoms. The third-order valence-electron chi connectivity index (χ3n) is 1.69. The number of nitrogens with one attached hydrogen (secondary N) is 1. The fourth-order valence-corrected chi connectivity index (χ4v) is 1.81. The van der Waals surface area contributed by atoms with E-state index < -0.39 is 0 Å². The summed E-state index contributed by atoms with van der Waals surface area (Å²) in [5.41, 5.74) is 6.58. The minimum atomic E-state index is -0.0820.